The first-order valence-electron chi connectivity index (χ1n) is 12.9. The molecular weight excluding hydrogens is 426 g/mol. The maximum atomic E-state index is 12.7. The maximum Gasteiger partial charge on any atom is 0.351 e. The molecule has 2 aromatic heterocycles. The van der Waals surface area contributed by atoms with Gasteiger partial charge < -0.3 is 23.8 Å². The minimum absolute atomic E-state index is 0.0808. The molecule has 10 heteroatoms. The number of ether oxygens (including phenoxy) is 4. The summed E-state index contributed by atoms with van der Waals surface area (Å²) in [5.74, 6) is 1.82. The maximum absolute atomic E-state index is 12.7. The van der Waals surface area contributed by atoms with E-state index in [4.69, 9.17) is 24.4 Å². The van der Waals surface area contributed by atoms with Crippen molar-refractivity contribution < 1.29 is 24.4 Å². The van der Waals surface area contributed by atoms with Gasteiger partial charge in [0.05, 0.1) is 18.1 Å². The van der Waals surface area contributed by atoms with Crippen molar-refractivity contribution in [2.75, 3.05) is 44.8 Å². The first-order valence-corrected chi connectivity index (χ1v) is 10.9. The van der Waals surface area contributed by atoms with Crippen molar-refractivity contribution in [3.8, 4) is 17.2 Å². The molecule has 1 saturated heterocycles. The number of aryl methyl sites for hydroxylation is 1. The average Bonchev–Trinajstić information content (AvgIpc) is 3.15. The number of hydrogen-bond donors (Lipinski definition) is 0. The molecule has 0 N–H and O–H groups in total. The Hall–Kier alpha value is -3.27. The van der Waals surface area contributed by atoms with Gasteiger partial charge in [-0.1, -0.05) is 0 Å². The Morgan fingerprint density at radius 2 is 2.00 bits per heavy atom. The molecule has 0 spiro atoms. The Kier molecular flexibility index (Phi) is 4.67. The second-order valence-corrected chi connectivity index (χ2v) is 8.27. The van der Waals surface area contributed by atoms with Gasteiger partial charge in [0.1, 0.15) is 30.8 Å². The number of aromatic nitrogens is 4. The van der Waals surface area contributed by atoms with Gasteiger partial charge in [-0.2, -0.15) is 4.98 Å². The van der Waals surface area contributed by atoms with Crippen LogP contribution in [-0.2, 0) is 4.74 Å². The van der Waals surface area contributed by atoms with Crippen LogP contribution in [0.4, 0.5) is 5.82 Å². The van der Waals surface area contributed by atoms with E-state index in [0.717, 1.165) is 24.2 Å². The molecule has 0 aliphatic carbocycles. The average molecular weight is 460 g/mol. The first kappa shape index (κ1) is 17.2. The van der Waals surface area contributed by atoms with Crippen LogP contribution in [0.25, 0.3) is 5.78 Å². The fraction of sp³-hybridized carbons (Fsp3) is 0.522. The van der Waals surface area contributed by atoms with Gasteiger partial charge in [0.2, 0.25) is 0 Å². The van der Waals surface area contributed by atoms with Crippen molar-refractivity contribution in [1.29, 1.82) is 0 Å². The van der Waals surface area contributed by atoms with Crippen LogP contribution in [-0.4, -0.2) is 65.2 Å². The lowest BCUT2D eigenvalue weighted by molar-refractivity contribution is 0.155. The second-order valence-electron chi connectivity index (χ2n) is 8.27. The van der Waals surface area contributed by atoms with Crippen LogP contribution in [0.3, 0.4) is 0 Å². The topological polar surface area (TPSA) is 92.4 Å². The first-order chi connectivity index (χ1) is 17.5. The Balaban J connectivity index is 1.27. The summed E-state index contributed by atoms with van der Waals surface area (Å²) in [4.78, 5) is 19.6. The second kappa shape index (κ2) is 8.93. The third kappa shape index (κ3) is 4.22. The number of fused-ring (bicyclic) bond motifs is 2. The summed E-state index contributed by atoms with van der Waals surface area (Å²) in [7, 11) is 1.58. The fourth-order valence-corrected chi connectivity index (χ4v) is 4.18. The van der Waals surface area contributed by atoms with E-state index < -0.39 is 13.1 Å². The lowest BCUT2D eigenvalue weighted by atomic mass is 10.1. The zero-order valence-electron chi connectivity index (χ0n) is 22.8. The van der Waals surface area contributed by atoms with Gasteiger partial charge in [0, 0.05) is 50.9 Å². The molecule has 2 aliphatic heterocycles. The number of hydrogen-bond acceptors (Lipinski definition) is 8. The van der Waals surface area contributed by atoms with Crippen LogP contribution in [0.1, 0.15) is 36.9 Å². The lowest BCUT2D eigenvalue weighted by Gasteiger charge is -2.33. The molecule has 1 atom stereocenters. The molecule has 0 bridgehead atoms. The number of anilines is 1. The SMILES string of the molecule is [2H]C1([2H])Oc2ccc(OC3CCN(c4nc5nn(C(C)COC)c(=O)n5cc4C)CC3)cc2OC1([2H])[2H]. The lowest BCUT2D eigenvalue weighted by Crippen LogP contribution is -2.39. The molecule has 4 heterocycles. The van der Waals surface area contributed by atoms with Crippen LogP contribution < -0.4 is 24.8 Å². The van der Waals surface area contributed by atoms with Crippen LogP contribution in [0.15, 0.2) is 29.2 Å². The summed E-state index contributed by atoms with van der Waals surface area (Å²) in [6, 6.07) is 4.48. The smallest absolute Gasteiger partial charge is 0.351 e. The highest BCUT2D eigenvalue weighted by Crippen LogP contribution is 2.34. The van der Waals surface area contributed by atoms with Gasteiger partial charge >= 0.3 is 5.69 Å². The molecule has 2 aliphatic rings. The van der Waals surface area contributed by atoms with Crippen LogP contribution in [0.2, 0.25) is 0 Å². The molecule has 0 saturated carbocycles. The van der Waals surface area contributed by atoms with Crippen molar-refractivity contribution in [3.63, 3.8) is 0 Å². The summed E-state index contributed by atoms with van der Waals surface area (Å²) < 4.78 is 55.4. The third-order valence-electron chi connectivity index (χ3n) is 5.84. The zero-order valence-corrected chi connectivity index (χ0v) is 18.8. The van der Waals surface area contributed by atoms with Gasteiger partial charge in [-0.05, 0) is 26.0 Å². The molecule has 10 nitrogen and oxygen atoms in total. The van der Waals surface area contributed by atoms with E-state index in [0.29, 0.717) is 31.2 Å². The summed E-state index contributed by atoms with van der Waals surface area (Å²) in [5.41, 5.74) is 0.617. The Labute approximate surface area is 197 Å². The van der Waals surface area contributed by atoms with Gasteiger partial charge in [0.25, 0.3) is 5.78 Å². The Bertz CT molecular complexity index is 1370. The van der Waals surface area contributed by atoms with Gasteiger partial charge in [0.15, 0.2) is 11.5 Å². The predicted molar refractivity (Wildman–Crippen MR) is 122 cm³/mol. The van der Waals surface area contributed by atoms with Crippen molar-refractivity contribution in [2.45, 2.75) is 38.8 Å². The van der Waals surface area contributed by atoms with Gasteiger partial charge in [-0.25, -0.2) is 13.9 Å². The summed E-state index contributed by atoms with van der Waals surface area (Å²) in [5, 5.41) is 4.40. The molecule has 33 heavy (non-hydrogen) atoms. The molecule has 0 radical (unpaired) electrons. The quantitative estimate of drug-likeness (QED) is 0.554. The monoisotopic (exact) mass is 459 g/mol. The molecule has 1 aromatic carbocycles. The highest BCUT2D eigenvalue weighted by molar-refractivity contribution is 5.51. The minimum atomic E-state index is -2.63. The standard InChI is InChI=1S/C23H29N5O5/c1-15-13-27-22(25-28(23(27)29)16(2)14-30-3)24-21(15)26-8-6-17(7-9-26)33-18-4-5-19-20(12-18)32-11-10-31-19/h4-5,12-13,16-17H,6-11,14H2,1-3H3/i10D2,11D2. The highest BCUT2D eigenvalue weighted by atomic mass is 16.6. The summed E-state index contributed by atoms with van der Waals surface area (Å²) >= 11 is 0. The van der Waals surface area contributed by atoms with Crippen molar-refractivity contribution in [1.82, 2.24) is 19.2 Å². The van der Waals surface area contributed by atoms with Crippen molar-refractivity contribution >= 4 is 11.6 Å². The molecule has 1 unspecified atom stereocenters. The van der Waals surface area contributed by atoms with E-state index in [1.807, 2.05) is 13.8 Å². The molecule has 176 valence electrons. The molecular formula is C23H29N5O5. The van der Waals surface area contributed by atoms with Crippen molar-refractivity contribution in [3.05, 3.63) is 40.4 Å². The highest BCUT2D eigenvalue weighted by Gasteiger charge is 2.25. The van der Waals surface area contributed by atoms with E-state index >= 15 is 0 Å². The summed E-state index contributed by atoms with van der Waals surface area (Å²) in [6.07, 6.45) is 3.12. The summed E-state index contributed by atoms with van der Waals surface area (Å²) in [6.45, 7) is 0.306. The number of nitrogens with zero attached hydrogens (tertiary/aromatic N) is 5. The fourth-order valence-electron chi connectivity index (χ4n) is 4.18. The van der Waals surface area contributed by atoms with E-state index in [9.17, 15) is 4.79 Å². The number of piperidine rings is 1. The normalized spacial score (nSPS) is 22.2. The third-order valence-corrected chi connectivity index (χ3v) is 5.84. The molecule has 3 aromatic rings. The van der Waals surface area contributed by atoms with Gasteiger partial charge in [-0.15, -0.1) is 5.10 Å². The van der Waals surface area contributed by atoms with E-state index in [-0.39, 0.29) is 29.3 Å². The molecule has 1 fully saturated rings. The van der Waals surface area contributed by atoms with Crippen LogP contribution in [0, 0.1) is 6.92 Å². The van der Waals surface area contributed by atoms with E-state index in [1.54, 1.807) is 19.4 Å². The number of benzene rings is 1. The number of methoxy groups -OCH3 is 1. The number of rotatable bonds is 6. The minimum Gasteiger partial charge on any atom is -0.490 e. The Morgan fingerprint density at radius 3 is 2.76 bits per heavy atom. The molecule has 0 amide bonds. The van der Waals surface area contributed by atoms with Crippen molar-refractivity contribution in [2.24, 2.45) is 0 Å². The van der Waals surface area contributed by atoms with Crippen LogP contribution >= 0.6 is 0 Å². The molecule has 5 rings (SSSR count). The Morgan fingerprint density at radius 1 is 1.24 bits per heavy atom. The largest absolute Gasteiger partial charge is 0.490 e. The van der Waals surface area contributed by atoms with Crippen LogP contribution in [0.5, 0.6) is 17.2 Å². The van der Waals surface area contributed by atoms with Gasteiger partial charge in [-0.3, -0.25) is 0 Å². The predicted octanol–water partition coefficient (Wildman–Crippen LogP) is 2.23. The van der Waals surface area contributed by atoms with E-state index in [2.05, 4.69) is 15.0 Å². The van der Waals surface area contributed by atoms with E-state index in [1.165, 1.54) is 21.2 Å². The zero-order chi connectivity index (χ0) is 26.5.